The molecule has 0 aliphatic carbocycles. The van der Waals surface area contributed by atoms with E-state index in [0.29, 0.717) is 37.6 Å². The molecule has 0 N–H and O–H groups in total. The minimum Gasteiger partial charge on any atom is -0.466 e. The summed E-state index contributed by atoms with van der Waals surface area (Å²) in [4.78, 5) is 51.4. The van der Waals surface area contributed by atoms with E-state index in [2.05, 4.69) is 53.7 Å². The van der Waals surface area contributed by atoms with Crippen molar-refractivity contribution in [2.45, 2.75) is 116 Å². The summed E-state index contributed by atoms with van der Waals surface area (Å²) in [6.07, 6.45) is 4.66. The summed E-state index contributed by atoms with van der Waals surface area (Å²) in [5.41, 5.74) is 6.83. The van der Waals surface area contributed by atoms with E-state index in [1.807, 2.05) is 72.8 Å². The topological polar surface area (TPSA) is 105 Å². The summed E-state index contributed by atoms with van der Waals surface area (Å²) in [6.45, 7) is 13.2. The number of carbonyl (C=O) groups is 4. The molecule has 4 aromatic carbocycles. The Hall–Kier alpha value is -5.24. The molecule has 0 radical (unpaired) electrons. The Morgan fingerprint density at radius 2 is 0.929 bits per heavy atom. The van der Waals surface area contributed by atoms with Crippen LogP contribution in [0.1, 0.15) is 136 Å². The molecule has 0 amide bonds. The predicted octanol–water partition coefficient (Wildman–Crippen LogP) is 9.60. The Bertz CT molecular complexity index is 1900. The fourth-order valence-electron chi connectivity index (χ4n) is 7.55. The van der Waals surface area contributed by atoms with Crippen LogP contribution in [0.2, 0.25) is 0 Å². The summed E-state index contributed by atoms with van der Waals surface area (Å²) in [5, 5.41) is 0. The van der Waals surface area contributed by atoms with Crippen molar-refractivity contribution in [3.8, 4) is 11.5 Å². The maximum Gasteiger partial charge on any atom is 0.323 e. The van der Waals surface area contributed by atoms with E-state index < -0.39 is 11.8 Å². The molecule has 2 atom stereocenters. The number of rotatable bonds is 15. The highest BCUT2D eigenvalue weighted by Gasteiger charge is 2.40. The molecule has 56 heavy (non-hydrogen) atoms. The largest absolute Gasteiger partial charge is 0.466 e. The number of esters is 4. The van der Waals surface area contributed by atoms with Gasteiger partial charge in [-0.3, -0.25) is 19.2 Å². The highest BCUT2D eigenvalue weighted by Crippen LogP contribution is 2.47. The zero-order valence-electron chi connectivity index (χ0n) is 33.6. The minimum atomic E-state index is -0.488. The van der Waals surface area contributed by atoms with Crippen LogP contribution in [0.15, 0.2) is 84.9 Å². The lowest BCUT2D eigenvalue weighted by Gasteiger charge is -2.23. The van der Waals surface area contributed by atoms with Crippen LogP contribution in [0.3, 0.4) is 0 Å². The Balaban J connectivity index is 0.911. The van der Waals surface area contributed by atoms with Gasteiger partial charge in [0.05, 0.1) is 13.2 Å². The SMILES string of the molecule is CC(C)(C)c1cc(CCC(=O)OCCCCCCOC(=O)CCc2cc3c(c(C(C)(C)C)c2)OC(=O)C3c2ccccc2)cc2c1OC(=O)C2c1ccccc1. The lowest BCUT2D eigenvalue weighted by Crippen LogP contribution is -2.14. The fourth-order valence-corrected chi connectivity index (χ4v) is 7.55. The van der Waals surface area contributed by atoms with Gasteiger partial charge in [0.15, 0.2) is 0 Å². The van der Waals surface area contributed by atoms with Crippen LogP contribution in [-0.2, 0) is 52.3 Å². The number of carbonyl (C=O) groups excluding carboxylic acids is 4. The molecule has 0 spiro atoms. The number of unbranched alkanes of at least 4 members (excludes halogenated alkanes) is 3. The predicted molar refractivity (Wildman–Crippen MR) is 215 cm³/mol. The van der Waals surface area contributed by atoms with Crippen molar-refractivity contribution in [1.29, 1.82) is 0 Å². The number of hydrogen-bond acceptors (Lipinski definition) is 8. The van der Waals surface area contributed by atoms with E-state index in [1.165, 1.54) is 0 Å². The molecule has 2 unspecified atom stereocenters. The third-order valence-electron chi connectivity index (χ3n) is 10.5. The molecule has 6 rings (SSSR count). The molecule has 0 saturated heterocycles. The molecule has 2 aliphatic rings. The van der Waals surface area contributed by atoms with Gasteiger partial charge in [0.1, 0.15) is 23.3 Å². The smallest absolute Gasteiger partial charge is 0.323 e. The van der Waals surface area contributed by atoms with E-state index in [1.54, 1.807) is 0 Å². The van der Waals surface area contributed by atoms with Crippen LogP contribution >= 0.6 is 0 Å². The number of hydrogen-bond donors (Lipinski definition) is 0. The molecular weight excluding hydrogens is 705 g/mol. The van der Waals surface area contributed by atoms with Gasteiger partial charge in [0.2, 0.25) is 0 Å². The summed E-state index contributed by atoms with van der Waals surface area (Å²) in [7, 11) is 0. The van der Waals surface area contributed by atoms with Gasteiger partial charge in [-0.2, -0.15) is 0 Å². The summed E-state index contributed by atoms with van der Waals surface area (Å²) >= 11 is 0. The Labute approximate surface area is 330 Å². The number of ether oxygens (including phenoxy) is 4. The van der Waals surface area contributed by atoms with Crippen LogP contribution in [0, 0.1) is 0 Å². The molecule has 0 saturated carbocycles. The van der Waals surface area contributed by atoms with Crippen molar-refractivity contribution < 1.29 is 38.1 Å². The second-order valence-electron chi connectivity index (χ2n) is 17.0. The highest BCUT2D eigenvalue weighted by atomic mass is 16.5. The van der Waals surface area contributed by atoms with Gasteiger partial charge < -0.3 is 18.9 Å². The molecule has 2 aliphatic heterocycles. The molecule has 0 aromatic heterocycles. The molecular formula is C48H54O8. The maximum atomic E-state index is 13.0. The number of aryl methyl sites for hydroxylation is 2. The van der Waals surface area contributed by atoms with Gasteiger partial charge in [-0.1, -0.05) is 126 Å². The van der Waals surface area contributed by atoms with Gasteiger partial charge in [-0.05, 0) is 71.6 Å². The highest BCUT2D eigenvalue weighted by molar-refractivity contribution is 5.91. The lowest BCUT2D eigenvalue weighted by atomic mass is 9.81. The number of benzene rings is 4. The van der Waals surface area contributed by atoms with Crippen molar-refractivity contribution in [1.82, 2.24) is 0 Å². The molecule has 2 heterocycles. The van der Waals surface area contributed by atoms with E-state index in [0.717, 1.165) is 70.2 Å². The lowest BCUT2D eigenvalue weighted by molar-refractivity contribution is -0.145. The first-order valence-corrected chi connectivity index (χ1v) is 19.9. The van der Waals surface area contributed by atoms with Crippen molar-refractivity contribution >= 4 is 23.9 Å². The monoisotopic (exact) mass is 758 g/mol. The van der Waals surface area contributed by atoms with Gasteiger partial charge in [0, 0.05) is 35.1 Å². The van der Waals surface area contributed by atoms with Crippen molar-refractivity contribution in [2.24, 2.45) is 0 Å². The summed E-state index contributed by atoms with van der Waals surface area (Å²) in [5.74, 6) is -0.768. The quantitative estimate of drug-likeness (QED) is 0.0671. The standard InChI is InChI=1S/C48H54O8/c1-47(2,3)37-29-31(27-35-41(45(51)55-43(35)37)33-17-11-9-12-18-33)21-23-39(49)53-25-15-7-8-16-26-54-40(50)24-22-32-28-36-42(34-19-13-10-14-20-34)46(52)56-44(36)38(30-32)48(4,5)6/h9-14,17-20,27-30,41-42H,7-8,15-16,21-26H2,1-6H3. The molecule has 4 aromatic rings. The van der Waals surface area contributed by atoms with Crippen LogP contribution in [0.4, 0.5) is 0 Å². The van der Waals surface area contributed by atoms with Crippen molar-refractivity contribution in [2.75, 3.05) is 13.2 Å². The molecule has 0 bridgehead atoms. The van der Waals surface area contributed by atoms with E-state index in [4.69, 9.17) is 18.9 Å². The summed E-state index contributed by atoms with van der Waals surface area (Å²) < 4.78 is 22.7. The van der Waals surface area contributed by atoms with E-state index >= 15 is 0 Å². The third kappa shape index (κ3) is 9.58. The second kappa shape index (κ2) is 17.3. The first kappa shape index (κ1) is 40.4. The molecule has 8 nitrogen and oxygen atoms in total. The zero-order valence-corrected chi connectivity index (χ0v) is 33.6. The average molecular weight is 759 g/mol. The van der Waals surface area contributed by atoms with Crippen LogP contribution in [-0.4, -0.2) is 37.1 Å². The average Bonchev–Trinajstić information content (AvgIpc) is 3.67. The Morgan fingerprint density at radius 3 is 1.29 bits per heavy atom. The second-order valence-corrected chi connectivity index (χ2v) is 17.0. The Kier molecular flexibility index (Phi) is 12.5. The molecule has 0 fully saturated rings. The third-order valence-corrected chi connectivity index (χ3v) is 10.5. The Morgan fingerprint density at radius 1 is 0.554 bits per heavy atom. The van der Waals surface area contributed by atoms with Gasteiger partial charge in [-0.15, -0.1) is 0 Å². The van der Waals surface area contributed by atoms with Crippen LogP contribution in [0.25, 0.3) is 0 Å². The maximum absolute atomic E-state index is 13.0. The molecule has 294 valence electrons. The molecule has 8 heteroatoms. The first-order valence-electron chi connectivity index (χ1n) is 19.9. The van der Waals surface area contributed by atoms with Crippen molar-refractivity contribution in [3.63, 3.8) is 0 Å². The summed E-state index contributed by atoms with van der Waals surface area (Å²) in [6, 6.07) is 27.4. The first-order chi connectivity index (χ1) is 26.7. The van der Waals surface area contributed by atoms with Gasteiger partial charge >= 0.3 is 23.9 Å². The normalized spacial score (nSPS) is 16.2. The fraction of sp³-hybridized carbons (Fsp3) is 0.417. The minimum absolute atomic E-state index is 0.242. The number of fused-ring (bicyclic) bond motifs is 2. The van der Waals surface area contributed by atoms with Crippen LogP contribution in [0.5, 0.6) is 11.5 Å². The van der Waals surface area contributed by atoms with Gasteiger partial charge in [-0.25, -0.2) is 0 Å². The van der Waals surface area contributed by atoms with E-state index in [-0.39, 0.29) is 47.5 Å². The van der Waals surface area contributed by atoms with Gasteiger partial charge in [0.25, 0.3) is 0 Å². The zero-order chi connectivity index (χ0) is 40.0. The van der Waals surface area contributed by atoms with Crippen molar-refractivity contribution in [3.05, 3.63) is 129 Å². The van der Waals surface area contributed by atoms with Crippen LogP contribution < -0.4 is 9.47 Å². The van der Waals surface area contributed by atoms with E-state index in [9.17, 15) is 19.2 Å².